The summed E-state index contributed by atoms with van der Waals surface area (Å²) in [5, 5.41) is 9.64. The molecule has 136 valence electrons. The molecular formula is C20H18N4OS2. The number of thioether (sulfide) groups is 1. The van der Waals surface area contributed by atoms with Crippen LogP contribution in [0.3, 0.4) is 0 Å². The number of carbonyl (C=O) groups excluding carboxylic acids is 1. The van der Waals surface area contributed by atoms with E-state index in [2.05, 4.69) is 20.9 Å². The number of pyridine rings is 1. The van der Waals surface area contributed by atoms with Crippen LogP contribution in [0.1, 0.15) is 0 Å². The molecule has 2 aromatic carbocycles. The number of rotatable bonds is 6. The Hall–Kier alpha value is -2.90. The Labute approximate surface area is 167 Å². The highest BCUT2D eigenvalue weighted by Crippen LogP contribution is 2.22. The van der Waals surface area contributed by atoms with Gasteiger partial charge in [0.25, 0.3) is 0 Å². The Morgan fingerprint density at radius 3 is 2.30 bits per heavy atom. The Kier molecular flexibility index (Phi) is 6.78. The van der Waals surface area contributed by atoms with Crippen LogP contribution in [0.15, 0.2) is 84.0 Å². The van der Waals surface area contributed by atoms with Crippen LogP contribution in [0.2, 0.25) is 0 Å². The number of aromatic nitrogens is 1. The summed E-state index contributed by atoms with van der Waals surface area (Å²) in [7, 11) is 0. The first-order chi connectivity index (χ1) is 13.2. The zero-order chi connectivity index (χ0) is 18.9. The number of nitrogens with zero attached hydrogens (tertiary/aromatic N) is 1. The summed E-state index contributed by atoms with van der Waals surface area (Å²) in [5.41, 5.74) is 2.53. The summed E-state index contributed by atoms with van der Waals surface area (Å²) in [6, 6.07) is 21.0. The van der Waals surface area contributed by atoms with Gasteiger partial charge in [-0.3, -0.25) is 9.78 Å². The average Bonchev–Trinajstić information content (AvgIpc) is 2.68. The Balaban J connectivity index is 1.51. The van der Waals surface area contributed by atoms with Gasteiger partial charge in [0.15, 0.2) is 5.11 Å². The van der Waals surface area contributed by atoms with Gasteiger partial charge in [0.05, 0.1) is 5.75 Å². The first-order valence-corrected chi connectivity index (χ1v) is 9.64. The van der Waals surface area contributed by atoms with Gasteiger partial charge < -0.3 is 16.0 Å². The number of nitrogens with one attached hydrogen (secondary N) is 3. The van der Waals surface area contributed by atoms with E-state index in [4.69, 9.17) is 12.2 Å². The zero-order valence-electron chi connectivity index (χ0n) is 14.4. The van der Waals surface area contributed by atoms with Crippen molar-refractivity contribution in [2.45, 2.75) is 4.90 Å². The minimum Gasteiger partial charge on any atom is -0.332 e. The minimum absolute atomic E-state index is 0.0640. The van der Waals surface area contributed by atoms with Gasteiger partial charge in [-0.25, -0.2) is 0 Å². The molecule has 3 rings (SSSR count). The van der Waals surface area contributed by atoms with E-state index in [9.17, 15) is 4.79 Å². The van der Waals surface area contributed by atoms with Crippen molar-refractivity contribution in [1.29, 1.82) is 0 Å². The third-order valence-electron chi connectivity index (χ3n) is 3.46. The summed E-state index contributed by atoms with van der Waals surface area (Å²) in [6.07, 6.45) is 3.29. The highest BCUT2D eigenvalue weighted by molar-refractivity contribution is 8.00. The smallest absolute Gasteiger partial charge is 0.234 e. The van der Waals surface area contributed by atoms with Crippen molar-refractivity contribution in [2.24, 2.45) is 0 Å². The number of hydrogen-bond acceptors (Lipinski definition) is 4. The van der Waals surface area contributed by atoms with E-state index in [0.29, 0.717) is 10.9 Å². The lowest BCUT2D eigenvalue weighted by Gasteiger charge is -2.11. The second kappa shape index (κ2) is 9.70. The van der Waals surface area contributed by atoms with Crippen LogP contribution in [-0.2, 0) is 4.79 Å². The predicted octanol–water partition coefficient (Wildman–Crippen LogP) is 4.62. The Morgan fingerprint density at radius 1 is 0.852 bits per heavy atom. The monoisotopic (exact) mass is 394 g/mol. The van der Waals surface area contributed by atoms with E-state index in [1.54, 1.807) is 24.5 Å². The lowest BCUT2D eigenvalue weighted by Crippen LogP contribution is -2.19. The van der Waals surface area contributed by atoms with Crippen LogP contribution in [0.5, 0.6) is 0 Å². The molecule has 0 fully saturated rings. The van der Waals surface area contributed by atoms with Gasteiger partial charge in [0, 0.05) is 34.4 Å². The Bertz CT molecular complexity index is 904. The lowest BCUT2D eigenvalue weighted by atomic mass is 10.3. The molecule has 0 aliphatic heterocycles. The van der Waals surface area contributed by atoms with Gasteiger partial charge in [-0.15, -0.1) is 11.8 Å². The first-order valence-electron chi connectivity index (χ1n) is 8.25. The quantitative estimate of drug-likeness (QED) is 0.419. The number of carbonyl (C=O) groups is 1. The highest BCUT2D eigenvalue weighted by Gasteiger charge is 2.05. The molecule has 0 unspecified atom stereocenters. The van der Waals surface area contributed by atoms with E-state index in [0.717, 1.165) is 22.0 Å². The van der Waals surface area contributed by atoms with Gasteiger partial charge in [0.1, 0.15) is 0 Å². The fraction of sp³-hybridized carbons (Fsp3) is 0.0500. The largest absolute Gasteiger partial charge is 0.332 e. The number of para-hydroxylation sites is 1. The van der Waals surface area contributed by atoms with Crippen LogP contribution in [0, 0.1) is 0 Å². The number of anilines is 3. The van der Waals surface area contributed by atoms with Crippen molar-refractivity contribution >= 4 is 52.1 Å². The number of benzene rings is 2. The third kappa shape index (κ3) is 6.40. The van der Waals surface area contributed by atoms with Gasteiger partial charge in [-0.1, -0.05) is 24.3 Å². The second-order valence-corrected chi connectivity index (χ2v) is 7.00. The average molecular weight is 395 g/mol. The highest BCUT2D eigenvalue weighted by atomic mass is 32.2. The summed E-state index contributed by atoms with van der Waals surface area (Å²) < 4.78 is 0. The molecule has 27 heavy (non-hydrogen) atoms. The fourth-order valence-electron chi connectivity index (χ4n) is 2.26. The maximum Gasteiger partial charge on any atom is 0.234 e. The van der Waals surface area contributed by atoms with Crippen molar-refractivity contribution in [1.82, 2.24) is 4.98 Å². The fourth-order valence-corrected chi connectivity index (χ4v) is 3.25. The zero-order valence-corrected chi connectivity index (χ0v) is 16.0. The van der Waals surface area contributed by atoms with Gasteiger partial charge in [-0.05, 0) is 54.7 Å². The normalized spacial score (nSPS) is 10.1. The second-order valence-electron chi connectivity index (χ2n) is 5.55. The number of hydrogen-bond donors (Lipinski definition) is 3. The van der Waals surface area contributed by atoms with E-state index in [1.165, 1.54) is 11.8 Å². The van der Waals surface area contributed by atoms with Crippen molar-refractivity contribution in [3.63, 3.8) is 0 Å². The molecule has 7 heteroatoms. The van der Waals surface area contributed by atoms with Crippen molar-refractivity contribution in [3.8, 4) is 0 Å². The molecule has 1 amide bonds. The third-order valence-corrected chi connectivity index (χ3v) is 4.66. The molecule has 0 aliphatic rings. The summed E-state index contributed by atoms with van der Waals surface area (Å²) >= 11 is 6.80. The topological polar surface area (TPSA) is 66.1 Å². The molecule has 3 N–H and O–H groups in total. The molecule has 0 aliphatic carbocycles. The molecule has 0 radical (unpaired) electrons. The molecule has 0 bridgehead atoms. The van der Waals surface area contributed by atoms with Crippen molar-refractivity contribution in [3.05, 3.63) is 79.1 Å². The van der Waals surface area contributed by atoms with Crippen LogP contribution in [-0.4, -0.2) is 21.8 Å². The maximum absolute atomic E-state index is 12.1. The van der Waals surface area contributed by atoms with E-state index in [-0.39, 0.29) is 5.91 Å². The minimum atomic E-state index is -0.0640. The molecule has 0 saturated carbocycles. The molecule has 1 heterocycles. The summed E-state index contributed by atoms with van der Waals surface area (Å²) in [4.78, 5) is 17.0. The van der Waals surface area contributed by atoms with Gasteiger partial charge in [-0.2, -0.15) is 0 Å². The number of thiocarbonyl (C=S) groups is 1. The molecular weight excluding hydrogens is 376 g/mol. The molecule has 0 spiro atoms. The van der Waals surface area contributed by atoms with Crippen LogP contribution < -0.4 is 16.0 Å². The molecule has 1 aromatic heterocycles. The number of amides is 1. The first kappa shape index (κ1) is 18.9. The van der Waals surface area contributed by atoms with Gasteiger partial charge in [0.2, 0.25) is 5.91 Å². The Morgan fingerprint density at radius 2 is 1.52 bits per heavy atom. The summed E-state index contributed by atoms with van der Waals surface area (Å²) in [6.45, 7) is 0. The van der Waals surface area contributed by atoms with Crippen LogP contribution >= 0.6 is 24.0 Å². The van der Waals surface area contributed by atoms with Gasteiger partial charge >= 0.3 is 0 Å². The molecule has 0 atom stereocenters. The molecule has 5 nitrogen and oxygen atoms in total. The molecule has 3 aromatic rings. The predicted molar refractivity (Wildman–Crippen MR) is 116 cm³/mol. The maximum atomic E-state index is 12.1. The van der Waals surface area contributed by atoms with Crippen molar-refractivity contribution < 1.29 is 4.79 Å². The lowest BCUT2D eigenvalue weighted by molar-refractivity contribution is -0.113. The van der Waals surface area contributed by atoms with Crippen molar-refractivity contribution in [2.75, 3.05) is 21.7 Å². The van der Waals surface area contributed by atoms with E-state index >= 15 is 0 Å². The molecule has 0 saturated heterocycles. The standard InChI is InChI=1S/C20H18N4OS2/c25-19(22-16-9-11-21-12-10-16)14-27-18-8-4-7-17(13-18)24-20(26)23-15-5-2-1-3-6-15/h1-13H,14H2,(H,21,22,25)(H2,23,24,26). The van der Waals surface area contributed by atoms with Crippen LogP contribution in [0.4, 0.5) is 17.1 Å². The van der Waals surface area contributed by atoms with Crippen LogP contribution in [0.25, 0.3) is 0 Å². The van der Waals surface area contributed by atoms with E-state index < -0.39 is 0 Å². The SMILES string of the molecule is O=C(CSc1cccc(NC(=S)Nc2ccccc2)c1)Nc1ccncc1. The summed E-state index contributed by atoms with van der Waals surface area (Å²) in [5.74, 6) is 0.254. The van der Waals surface area contributed by atoms with E-state index in [1.807, 2.05) is 54.6 Å².